The number of para-hydroxylation sites is 2. The predicted octanol–water partition coefficient (Wildman–Crippen LogP) is 9.31. The lowest BCUT2D eigenvalue weighted by atomic mass is 9.46. The fourth-order valence-corrected chi connectivity index (χ4v) is 11.6. The molecule has 346 valence electrons. The third-order valence-corrected chi connectivity index (χ3v) is 15.9. The molecular weight excluding hydrogens is 871 g/mol. The van der Waals surface area contributed by atoms with Gasteiger partial charge in [-0.15, -0.1) is 0 Å². The van der Waals surface area contributed by atoms with E-state index in [9.17, 15) is 13.2 Å². The van der Waals surface area contributed by atoms with Gasteiger partial charge in [-0.25, -0.2) is 17.8 Å². The Labute approximate surface area is 398 Å². The number of carbonyl (C=O) groups excluding carboxylic acids is 2. The Kier molecular flexibility index (Phi) is 11.8. The number of carbonyl (C=O) groups is 2. The van der Waals surface area contributed by atoms with Crippen LogP contribution in [-0.4, -0.2) is 80.9 Å². The standard InChI is InChI=1S/C55H55N7O5S/c1-37-32-44(20-22-50(37)56-34-38-24-30-67-31-25-38)68(65,66)58-54(63)39-16-18-41(19-17-39)60-28-26-59(27-29-60)35-40-10-8-9-15-45(40)49-36-61(51-23-21-46-47-33-48(46)52(47)51)57-53(49)55(64)62(42-11-4-2-5-12-42)43-13-6-3-7-14-43/h2-22,32,36,38,47-48,56H,23-31,33-35H2,1H3,(H,58,63). The van der Waals surface area contributed by atoms with Crippen molar-refractivity contribution in [1.82, 2.24) is 19.4 Å². The van der Waals surface area contributed by atoms with Gasteiger partial charge in [-0.3, -0.25) is 19.4 Å². The van der Waals surface area contributed by atoms with E-state index in [1.54, 1.807) is 34.7 Å². The van der Waals surface area contributed by atoms with E-state index in [1.165, 1.54) is 23.8 Å². The fourth-order valence-electron chi connectivity index (χ4n) is 10.5. The number of amides is 2. The van der Waals surface area contributed by atoms with Gasteiger partial charge in [-0.05, 0) is 121 Å². The van der Waals surface area contributed by atoms with Crippen LogP contribution in [0.15, 0.2) is 156 Å². The number of anilines is 4. The Morgan fingerprint density at radius 3 is 2.13 bits per heavy atom. The minimum Gasteiger partial charge on any atom is -0.385 e. The molecule has 4 bridgehead atoms. The van der Waals surface area contributed by atoms with Gasteiger partial charge in [0, 0.05) is 117 Å². The van der Waals surface area contributed by atoms with Crippen LogP contribution in [0.4, 0.5) is 22.7 Å². The van der Waals surface area contributed by atoms with Gasteiger partial charge >= 0.3 is 0 Å². The van der Waals surface area contributed by atoms with Gasteiger partial charge in [0.25, 0.3) is 21.8 Å². The maximum Gasteiger partial charge on any atom is 0.283 e. The quantitative estimate of drug-likeness (QED) is 0.103. The Hall–Kier alpha value is -6.80. The normalized spacial score (nSPS) is 19.1. The lowest BCUT2D eigenvalue weighted by molar-refractivity contribution is 0.0699. The van der Waals surface area contributed by atoms with Crippen molar-refractivity contribution in [3.05, 3.63) is 173 Å². The molecule has 4 aliphatic carbocycles. The van der Waals surface area contributed by atoms with E-state index in [0.717, 1.165) is 110 Å². The molecule has 6 aromatic rings. The van der Waals surface area contributed by atoms with E-state index in [2.05, 4.69) is 50.3 Å². The van der Waals surface area contributed by atoms with Crippen molar-refractivity contribution in [2.24, 2.45) is 17.8 Å². The third-order valence-electron chi connectivity index (χ3n) is 14.5. The maximum absolute atomic E-state index is 15.1. The van der Waals surface area contributed by atoms with Crippen LogP contribution >= 0.6 is 0 Å². The number of nitrogens with one attached hydrogen (secondary N) is 2. The van der Waals surface area contributed by atoms with Crippen molar-refractivity contribution >= 4 is 50.3 Å². The molecule has 12 nitrogen and oxygen atoms in total. The topological polar surface area (TPSA) is 129 Å². The monoisotopic (exact) mass is 925 g/mol. The average molecular weight is 926 g/mol. The number of benzene rings is 5. The minimum atomic E-state index is -4.09. The molecule has 5 fully saturated rings. The van der Waals surface area contributed by atoms with Crippen LogP contribution in [0.3, 0.4) is 0 Å². The van der Waals surface area contributed by atoms with Crippen LogP contribution in [0, 0.1) is 24.7 Å². The summed E-state index contributed by atoms with van der Waals surface area (Å²) in [5.74, 6) is 0.745. The number of hydrogen-bond donors (Lipinski definition) is 2. The van der Waals surface area contributed by atoms with Crippen LogP contribution in [-0.2, 0) is 21.3 Å². The first-order valence-corrected chi connectivity index (χ1v) is 25.3. The van der Waals surface area contributed by atoms with Gasteiger partial charge in [-0.2, -0.15) is 5.10 Å². The van der Waals surface area contributed by atoms with Crippen molar-refractivity contribution in [2.75, 3.05) is 61.1 Å². The molecule has 3 saturated carbocycles. The van der Waals surface area contributed by atoms with Crippen LogP contribution in [0.1, 0.15) is 57.7 Å². The summed E-state index contributed by atoms with van der Waals surface area (Å²) in [4.78, 5) is 34.9. The van der Waals surface area contributed by atoms with Gasteiger partial charge in [0.05, 0.1) is 4.90 Å². The number of nitrogens with zero attached hydrogens (tertiary/aromatic N) is 5. The highest BCUT2D eigenvalue weighted by Crippen LogP contribution is 2.66. The van der Waals surface area contributed by atoms with Gasteiger partial charge < -0.3 is 15.0 Å². The number of aryl methyl sites for hydroxylation is 1. The van der Waals surface area contributed by atoms with Gasteiger partial charge in [0.1, 0.15) is 0 Å². The van der Waals surface area contributed by atoms with Crippen LogP contribution in [0.25, 0.3) is 16.8 Å². The molecule has 2 aliphatic heterocycles. The Morgan fingerprint density at radius 1 is 0.794 bits per heavy atom. The molecule has 2 saturated heterocycles. The summed E-state index contributed by atoms with van der Waals surface area (Å²) in [5.41, 5.74) is 12.0. The summed E-state index contributed by atoms with van der Waals surface area (Å²) in [6, 6.07) is 40.0. The molecule has 2 unspecified atom stereocenters. The van der Waals surface area contributed by atoms with Crippen molar-refractivity contribution < 1.29 is 22.7 Å². The Morgan fingerprint density at radius 2 is 1.47 bits per heavy atom. The van der Waals surface area contributed by atoms with Crippen LogP contribution in [0.2, 0.25) is 0 Å². The second-order valence-electron chi connectivity index (χ2n) is 18.6. The van der Waals surface area contributed by atoms with E-state index in [1.807, 2.05) is 90.5 Å². The number of piperazine rings is 1. The maximum atomic E-state index is 15.1. The molecule has 3 heterocycles. The van der Waals surface area contributed by atoms with E-state index in [4.69, 9.17) is 9.84 Å². The zero-order chi connectivity index (χ0) is 46.4. The van der Waals surface area contributed by atoms with Crippen molar-refractivity contribution in [1.29, 1.82) is 0 Å². The van der Waals surface area contributed by atoms with Crippen molar-refractivity contribution in [3.63, 3.8) is 0 Å². The van der Waals surface area contributed by atoms with Crippen molar-refractivity contribution in [2.45, 2.75) is 44.0 Å². The van der Waals surface area contributed by atoms with E-state index < -0.39 is 15.9 Å². The average Bonchev–Trinajstić information content (AvgIpc) is 3.80. The lowest BCUT2D eigenvalue weighted by Crippen LogP contribution is -2.48. The van der Waals surface area contributed by atoms with E-state index in [-0.39, 0.29) is 16.4 Å². The number of aromatic nitrogens is 2. The van der Waals surface area contributed by atoms with Crippen LogP contribution < -0.4 is 19.8 Å². The lowest BCUT2D eigenvalue weighted by Gasteiger charge is -2.59. The number of ether oxygens (including phenoxy) is 1. The highest BCUT2D eigenvalue weighted by atomic mass is 32.2. The molecule has 0 spiro atoms. The van der Waals surface area contributed by atoms with E-state index in [0.29, 0.717) is 30.0 Å². The summed E-state index contributed by atoms with van der Waals surface area (Å²) in [6.45, 7) is 8.03. The zero-order valence-corrected chi connectivity index (χ0v) is 39.0. The first-order chi connectivity index (χ1) is 33.2. The smallest absolute Gasteiger partial charge is 0.283 e. The Bertz CT molecular complexity index is 2990. The molecule has 5 aromatic carbocycles. The molecule has 2 atom stereocenters. The summed E-state index contributed by atoms with van der Waals surface area (Å²) < 4.78 is 36.4. The highest BCUT2D eigenvalue weighted by Gasteiger charge is 2.56. The fraction of sp³-hybridized carbons (Fsp3) is 0.291. The molecule has 6 aliphatic rings. The summed E-state index contributed by atoms with van der Waals surface area (Å²) in [6.07, 6.45) is 8.50. The highest BCUT2D eigenvalue weighted by molar-refractivity contribution is 7.90. The first-order valence-electron chi connectivity index (χ1n) is 23.8. The summed E-state index contributed by atoms with van der Waals surface area (Å²) in [5, 5.41) is 8.63. The molecule has 12 rings (SSSR count). The summed E-state index contributed by atoms with van der Waals surface area (Å²) in [7, 11) is -4.09. The first kappa shape index (κ1) is 43.8. The molecule has 68 heavy (non-hydrogen) atoms. The van der Waals surface area contributed by atoms with Crippen LogP contribution in [0.5, 0.6) is 0 Å². The zero-order valence-electron chi connectivity index (χ0n) is 38.2. The van der Waals surface area contributed by atoms with E-state index >= 15 is 4.79 Å². The minimum absolute atomic E-state index is 0.0434. The molecular formula is C55H55N7O5S. The number of rotatable bonds is 14. The Balaban J connectivity index is 0.770. The molecule has 13 heteroatoms. The number of sulfonamides is 1. The second-order valence-corrected chi connectivity index (χ2v) is 20.3. The third kappa shape index (κ3) is 8.43. The number of hydrogen-bond acceptors (Lipinski definition) is 9. The van der Waals surface area contributed by atoms with Crippen molar-refractivity contribution in [3.8, 4) is 11.1 Å². The molecule has 2 amide bonds. The predicted molar refractivity (Wildman–Crippen MR) is 266 cm³/mol. The largest absolute Gasteiger partial charge is 0.385 e. The summed E-state index contributed by atoms with van der Waals surface area (Å²) >= 11 is 0. The van der Waals surface area contributed by atoms with Gasteiger partial charge in [0.2, 0.25) is 0 Å². The SMILES string of the molecule is Cc1cc(S(=O)(=O)NC(=O)c2ccc(N3CCN(Cc4ccccc4-c4cn(C5=C6C7CC6C7=CC5)nc4C(=O)N(c4ccccc4)c4ccccc4)CC3)cc2)ccc1NCC1CCOCC1. The second kappa shape index (κ2) is 18.4. The molecule has 2 N–H and O–H groups in total. The van der Waals surface area contributed by atoms with Gasteiger partial charge in [-0.1, -0.05) is 72.3 Å². The van der Waals surface area contributed by atoms with Gasteiger partial charge in [0.15, 0.2) is 5.69 Å². The number of allylic oxidation sites excluding steroid dienone is 4. The molecule has 1 aromatic heterocycles. The molecule has 0 radical (unpaired) electrons.